The highest BCUT2D eigenvalue weighted by Crippen LogP contribution is 2.51. The summed E-state index contributed by atoms with van der Waals surface area (Å²) < 4.78 is 6.07. The molecule has 0 N–H and O–H groups in total. The maximum atomic E-state index is 6.07. The van der Waals surface area contributed by atoms with E-state index in [1.54, 1.807) is 0 Å². The molecule has 0 aromatic carbocycles. The maximum Gasteiger partial charge on any atom is 0.0831 e. The minimum absolute atomic E-state index is 0.304. The first-order valence-corrected chi connectivity index (χ1v) is 5.52. The number of hydrogen-bond donors (Lipinski definition) is 0. The van der Waals surface area contributed by atoms with Crippen molar-refractivity contribution in [2.45, 2.75) is 46.3 Å². The molecule has 1 fully saturated rings. The summed E-state index contributed by atoms with van der Waals surface area (Å²) in [5.74, 6) is 0.581. The summed E-state index contributed by atoms with van der Waals surface area (Å²) in [7, 11) is 0. The van der Waals surface area contributed by atoms with Gasteiger partial charge in [-0.1, -0.05) is 37.6 Å². The molecule has 0 aromatic rings. The van der Waals surface area contributed by atoms with Gasteiger partial charge in [0.25, 0.3) is 0 Å². The summed E-state index contributed by atoms with van der Waals surface area (Å²) >= 11 is 0. The lowest BCUT2D eigenvalue weighted by Gasteiger charge is -2.35. The van der Waals surface area contributed by atoms with Crippen LogP contribution in [0.25, 0.3) is 0 Å². The third-order valence-electron chi connectivity index (χ3n) is 3.81. The lowest BCUT2D eigenvalue weighted by molar-refractivity contribution is 0.0407. The first kappa shape index (κ1) is 9.97. The molecular weight excluding hydrogens is 172 g/mol. The van der Waals surface area contributed by atoms with Crippen LogP contribution in [0.4, 0.5) is 0 Å². The molecule has 2 bridgehead atoms. The van der Waals surface area contributed by atoms with Crippen molar-refractivity contribution in [1.82, 2.24) is 0 Å². The van der Waals surface area contributed by atoms with Gasteiger partial charge in [0, 0.05) is 11.3 Å². The topological polar surface area (TPSA) is 9.23 Å². The van der Waals surface area contributed by atoms with E-state index in [1.807, 2.05) is 0 Å². The standard InChI is InChI=1S/C13H20O/c1-5-6-10-12-9(2)7-8-11(14-10)13(12,3)4/h5-7,10-12H,8H2,1-4H3/b6-5+/t10-,11+,12+/m1/s1. The van der Waals surface area contributed by atoms with Crippen molar-refractivity contribution in [2.75, 3.05) is 0 Å². The molecule has 2 aliphatic rings. The zero-order valence-corrected chi connectivity index (χ0v) is 9.58. The second kappa shape index (κ2) is 3.23. The zero-order chi connectivity index (χ0) is 10.3. The summed E-state index contributed by atoms with van der Waals surface area (Å²) in [6.45, 7) is 8.98. The van der Waals surface area contributed by atoms with E-state index in [1.165, 1.54) is 5.57 Å². The Balaban J connectivity index is 2.35. The number of allylic oxidation sites excluding steroid dienone is 1. The van der Waals surface area contributed by atoms with E-state index < -0.39 is 0 Å². The van der Waals surface area contributed by atoms with Gasteiger partial charge >= 0.3 is 0 Å². The molecule has 0 amide bonds. The van der Waals surface area contributed by atoms with Crippen molar-refractivity contribution in [1.29, 1.82) is 0 Å². The van der Waals surface area contributed by atoms with Gasteiger partial charge in [0.2, 0.25) is 0 Å². The smallest absolute Gasteiger partial charge is 0.0831 e. The SMILES string of the molecule is C/C=C/[C@H]1O[C@H]2CC=C(C)[C@@H]1C2(C)C. The molecule has 78 valence electrons. The Hall–Kier alpha value is -0.560. The van der Waals surface area contributed by atoms with Crippen LogP contribution in [0.1, 0.15) is 34.1 Å². The van der Waals surface area contributed by atoms with Crippen molar-refractivity contribution in [3.63, 3.8) is 0 Å². The van der Waals surface area contributed by atoms with E-state index in [0.717, 1.165) is 6.42 Å². The van der Waals surface area contributed by atoms with Crippen LogP contribution in [-0.2, 0) is 4.74 Å². The molecule has 1 saturated heterocycles. The van der Waals surface area contributed by atoms with Crippen LogP contribution in [0.5, 0.6) is 0 Å². The molecule has 0 aromatic heterocycles. The van der Waals surface area contributed by atoms with E-state index in [-0.39, 0.29) is 0 Å². The second-order valence-electron chi connectivity index (χ2n) is 5.10. The summed E-state index contributed by atoms with van der Waals surface area (Å²) in [4.78, 5) is 0. The fraction of sp³-hybridized carbons (Fsp3) is 0.692. The Morgan fingerprint density at radius 1 is 1.50 bits per heavy atom. The van der Waals surface area contributed by atoms with Crippen LogP contribution >= 0.6 is 0 Å². The van der Waals surface area contributed by atoms with Crippen LogP contribution < -0.4 is 0 Å². The highest BCUT2D eigenvalue weighted by molar-refractivity contribution is 5.23. The highest BCUT2D eigenvalue weighted by atomic mass is 16.5. The average molecular weight is 192 g/mol. The van der Waals surface area contributed by atoms with Crippen molar-refractivity contribution in [3.8, 4) is 0 Å². The van der Waals surface area contributed by atoms with Crippen molar-refractivity contribution >= 4 is 0 Å². The third-order valence-corrected chi connectivity index (χ3v) is 3.81. The fourth-order valence-corrected chi connectivity index (χ4v) is 3.04. The van der Waals surface area contributed by atoms with Gasteiger partial charge in [-0.2, -0.15) is 0 Å². The van der Waals surface area contributed by atoms with Gasteiger partial charge in [-0.25, -0.2) is 0 Å². The van der Waals surface area contributed by atoms with Gasteiger partial charge in [-0.05, 0) is 20.3 Å². The largest absolute Gasteiger partial charge is 0.369 e. The van der Waals surface area contributed by atoms with Crippen LogP contribution in [0.3, 0.4) is 0 Å². The predicted octanol–water partition coefficient (Wildman–Crippen LogP) is 3.32. The molecule has 1 aliphatic carbocycles. The Bertz CT molecular complexity index is 286. The minimum Gasteiger partial charge on any atom is -0.369 e. The quantitative estimate of drug-likeness (QED) is 0.579. The van der Waals surface area contributed by atoms with Gasteiger partial charge in [0.05, 0.1) is 12.2 Å². The molecule has 1 heteroatoms. The third kappa shape index (κ3) is 1.26. The van der Waals surface area contributed by atoms with E-state index >= 15 is 0 Å². The Morgan fingerprint density at radius 2 is 2.21 bits per heavy atom. The fourth-order valence-electron chi connectivity index (χ4n) is 3.04. The lowest BCUT2D eigenvalue weighted by atomic mass is 9.67. The van der Waals surface area contributed by atoms with Crippen LogP contribution in [-0.4, -0.2) is 12.2 Å². The van der Waals surface area contributed by atoms with Gasteiger partial charge in [-0.15, -0.1) is 0 Å². The molecular formula is C13H20O. The molecule has 1 nitrogen and oxygen atoms in total. The van der Waals surface area contributed by atoms with E-state index in [2.05, 4.69) is 45.9 Å². The molecule has 0 radical (unpaired) electrons. The summed E-state index contributed by atoms with van der Waals surface area (Å²) in [5.41, 5.74) is 1.81. The van der Waals surface area contributed by atoms with Crippen LogP contribution in [0, 0.1) is 11.3 Å². The normalized spacial score (nSPS) is 40.3. The summed E-state index contributed by atoms with van der Waals surface area (Å²) in [5, 5.41) is 0. The van der Waals surface area contributed by atoms with E-state index in [4.69, 9.17) is 4.74 Å². The molecule has 1 aliphatic heterocycles. The molecule has 0 unspecified atom stereocenters. The van der Waals surface area contributed by atoms with Gasteiger partial charge in [-0.3, -0.25) is 0 Å². The molecule has 3 atom stereocenters. The zero-order valence-electron chi connectivity index (χ0n) is 9.58. The molecule has 14 heavy (non-hydrogen) atoms. The predicted molar refractivity (Wildman–Crippen MR) is 59.1 cm³/mol. The van der Waals surface area contributed by atoms with Gasteiger partial charge < -0.3 is 4.74 Å². The second-order valence-corrected chi connectivity index (χ2v) is 5.10. The highest BCUT2D eigenvalue weighted by Gasteiger charge is 2.51. The Labute approximate surface area is 86.8 Å². The monoisotopic (exact) mass is 192 g/mol. The molecule has 2 rings (SSSR count). The Kier molecular flexibility index (Phi) is 2.30. The number of ether oxygens (including phenoxy) is 1. The summed E-state index contributed by atoms with van der Waals surface area (Å²) in [6, 6.07) is 0. The number of hydrogen-bond acceptors (Lipinski definition) is 1. The van der Waals surface area contributed by atoms with Crippen molar-refractivity contribution in [3.05, 3.63) is 23.8 Å². The first-order valence-electron chi connectivity index (χ1n) is 5.52. The average Bonchev–Trinajstić information content (AvgIpc) is 2.26. The Morgan fingerprint density at radius 3 is 2.86 bits per heavy atom. The van der Waals surface area contributed by atoms with E-state index in [0.29, 0.717) is 23.5 Å². The number of rotatable bonds is 1. The summed E-state index contributed by atoms with van der Waals surface area (Å²) in [6.07, 6.45) is 8.47. The first-order chi connectivity index (χ1) is 6.57. The maximum absolute atomic E-state index is 6.07. The van der Waals surface area contributed by atoms with Crippen molar-refractivity contribution in [2.24, 2.45) is 11.3 Å². The lowest BCUT2D eigenvalue weighted by Crippen LogP contribution is -2.34. The minimum atomic E-state index is 0.304. The molecule has 1 heterocycles. The molecule has 0 saturated carbocycles. The number of fused-ring (bicyclic) bond motifs is 2. The molecule has 0 spiro atoms. The van der Waals surface area contributed by atoms with Gasteiger partial charge in [0.1, 0.15) is 0 Å². The van der Waals surface area contributed by atoms with Gasteiger partial charge in [0.15, 0.2) is 0 Å². The van der Waals surface area contributed by atoms with Crippen LogP contribution in [0.2, 0.25) is 0 Å². The van der Waals surface area contributed by atoms with Crippen LogP contribution in [0.15, 0.2) is 23.8 Å². The van der Waals surface area contributed by atoms with Crippen molar-refractivity contribution < 1.29 is 4.74 Å². The van der Waals surface area contributed by atoms with E-state index in [9.17, 15) is 0 Å².